The summed E-state index contributed by atoms with van der Waals surface area (Å²) in [6, 6.07) is 12.5. The van der Waals surface area contributed by atoms with Crippen molar-refractivity contribution in [2.24, 2.45) is 5.73 Å². The average molecular weight is 286 g/mol. The molecular weight excluding hydrogens is 268 g/mol. The van der Waals surface area contributed by atoms with Crippen LogP contribution in [0.25, 0.3) is 0 Å². The summed E-state index contributed by atoms with van der Waals surface area (Å²) < 4.78 is 5.14. The number of methoxy groups -OCH3 is 1. The number of phenolic OH excluding ortho intramolecular Hbond substituents is 1. The lowest BCUT2D eigenvalue weighted by molar-refractivity contribution is -0.117. The second-order valence-electron chi connectivity index (χ2n) is 4.65. The minimum absolute atomic E-state index is 0.174. The SMILES string of the molecule is COc1ccc(O)c(CNc2ccccc2CC(N)=O)c1. The normalized spacial score (nSPS) is 10.1. The molecule has 0 saturated carbocycles. The van der Waals surface area contributed by atoms with Crippen molar-refractivity contribution >= 4 is 11.6 Å². The number of phenols is 1. The van der Waals surface area contributed by atoms with Crippen molar-refractivity contribution in [1.82, 2.24) is 0 Å². The van der Waals surface area contributed by atoms with Gasteiger partial charge in [0.05, 0.1) is 13.5 Å². The number of hydrogen-bond donors (Lipinski definition) is 3. The Balaban J connectivity index is 2.15. The quantitative estimate of drug-likeness (QED) is 0.758. The minimum atomic E-state index is -0.381. The summed E-state index contributed by atoms with van der Waals surface area (Å²) >= 11 is 0. The molecule has 0 radical (unpaired) electrons. The molecule has 0 fully saturated rings. The van der Waals surface area contributed by atoms with Gasteiger partial charge in [-0.3, -0.25) is 4.79 Å². The number of rotatable bonds is 6. The highest BCUT2D eigenvalue weighted by molar-refractivity contribution is 5.78. The van der Waals surface area contributed by atoms with Crippen LogP contribution in [0.2, 0.25) is 0 Å². The van der Waals surface area contributed by atoms with E-state index in [0.29, 0.717) is 17.9 Å². The van der Waals surface area contributed by atoms with Crippen molar-refractivity contribution in [3.05, 3.63) is 53.6 Å². The van der Waals surface area contributed by atoms with Gasteiger partial charge in [0.15, 0.2) is 0 Å². The third kappa shape index (κ3) is 3.89. The first kappa shape index (κ1) is 14.7. The number of carbonyl (C=O) groups is 1. The van der Waals surface area contributed by atoms with Gasteiger partial charge in [-0.2, -0.15) is 0 Å². The number of hydrogen-bond acceptors (Lipinski definition) is 4. The molecule has 2 aromatic rings. The molecule has 2 aromatic carbocycles. The van der Waals surface area contributed by atoms with E-state index >= 15 is 0 Å². The Kier molecular flexibility index (Phi) is 4.66. The second-order valence-corrected chi connectivity index (χ2v) is 4.65. The highest BCUT2D eigenvalue weighted by Crippen LogP contribution is 2.24. The minimum Gasteiger partial charge on any atom is -0.508 e. The maximum Gasteiger partial charge on any atom is 0.221 e. The highest BCUT2D eigenvalue weighted by atomic mass is 16.5. The second kappa shape index (κ2) is 6.65. The van der Waals surface area contributed by atoms with Gasteiger partial charge in [0.25, 0.3) is 0 Å². The number of amides is 1. The van der Waals surface area contributed by atoms with E-state index in [1.165, 1.54) is 0 Å². The Morgan fingerprint density at radius 2 is 2.00 bits per heavy atom. The van der Waals surface area contributed by atoms with Crippen molar-refractivity contribution in [2.45, 2.75) is 13.0 Å². The van der Waals surface area contributed by atoms with Gasteiger partial charge < -0.3 is 20.9 Å². The van der Waals surface area contributed by atoms with Gasteiger partial charge >= 0.3 is 0 Å². The first-order valence-electron chi connectivity index (χ1n) is 6.56. The van der Waals surface area contributed by atoms with Crippen LogP contribution in [0.3, 0.4) is 0 Å². The lowest BCUT2D eigenvalue weighted by Crippen LogP contribution is -2.15. The standard InChI is InChI=1S/C16H18N2O3/c1-21-13-6-7-15(19)12(8-13)10-18-14-5-3-2-4-11(14)9-16(17)20/h2-8,18-19H,9-10H2,1H3,(H2,17,20). The number of benzene rings is 2. The molecule has 2 rings (SSSR count). The molecule has 0 saturated heterocycles. The maximum absolute atomic E-state index is 11.1. The molecule has 5 heteroatoms. The molecule has 5 nitrogen and oxygen atoms in total. The molecule has 0 unspecified atom stereocenters. The van der Waals surface area contributed by atoms with Crippen LogP contribution < -0.4 is 15.8 Å². The van der Waals surface area contributed by atoms with Crippen LogP contribution >= 0.6 is 0 Å². The summed E-state index contributed by atoms with van der Waals surface area (Å²) in [5.74, 6) is 0.485. The Morgan fingerprint density at radius 1 is 1.24 bits per heavy atom. The predicted octanol–water partition coefficient (Wildman–Crippen LogP) is 2.04. The number of primary amides is 1. The number of para-hydroxylation sites is 1. The molecule has 0 aliphatic heterocycles. The topological polar surface area (TPSA) is 84.6 Å². The van der Waals surface area contributed by atoms with Crippen LogP contribution in [-0.2, 0) is 17.8 Å². The summed E-state index contributed by atoms with van der Waals surface area (Å²) in [7, 11) is 1.58. The summed E-state index contributed by atoms with van der Waals surface area (Å²) in [4.78, 5) is 11.1. The molecule has 0 spiro atoms. The number of aromatic hydroxyl groups is 1. The van der Waals surface area contributed by atoms with Gasteiger partial charge in [0.2, 0.25) is 5.91 Å². The fourth-order valence-corrected chi connectivity index (χ4v) is 2.06. The van der Waals surface area contributed by atoms with Crippen molar-refractivity contribution in [2.75, 3.05) is 12.4 Å². The van der Waals surface area contributed by atoms with Crippen LogP contribution in [0.1, 0.15) is 11.1 Å². The first-order valence-corrected chi connectivity index (χ1v) is 6.56. The molecule has 4 N–H and O–H groups in total. The van der Waals surface area contributed by atoms with E-state index in [0.717, 1.165) is 11.3 Å². The number of nitrogens with one attached hydrogen (secondary N) is 1. The monoisotopic (exact) mass is 286 g/mol. The van der Waals surface area contributed by atoms with Crippen LogP contribution in [-0.4, -0.2) is 18.1 Å². The predicted molar refractivity (Wildman–Crippen MR) is 81.3 cm³/mol. The van der Waals surface area contributed by atoms with E-state index in [-0.39, 0.29) is 18.1 Å². The van der Waals surface area contributed by atoms with Crippen molar-refractivity contribution in [3.63, 3.8) is 0 Å². The Bertz CT molecular complexity index is 641. The van der Waals surface area contributed by atoms with Gasteiger partial charge in [-0.25, -0.2) is 0 Å². The number of ether oxygens (including phenoxy) is 1. The summed E-state index contributed by atoms with van der Waals surface area (Å²) in [6.45, 7) is 0.415. The zero-order chi connectivity index (χ0) is 15.2. The van der Waals surface area contributed by atoms with Crippen molar-refractivity contribution in [3.8, 4) is 11.5 Å². The van der Waals surface area contributed by atoms with E-state index in [4.69, 9.17) is 10.5 Å². The fourth-order valence-electron chi connectivity index (χ4n) is 2.06. The van der Waals surface area contributed by atoms with Crippen LogP contribution in [0.4, 0.5) is 5.69 Å². The summed E-state index contributed by atoms with van der Waals surface area (Å²) in [5.41, 5.74) is 7.60. The lowest BCUT2D eigenvalue weighted by Gasteiger charge is -2.12. The Labute approximate surface area is 123 Å². The maximum atomic E-state index is 11.1. The number of nitrogens with two attached hydrogens (primary N) is 1. The molecule has 110 valence electrons. The van der Waals surface area contributed by atoms with Gasteiger partial charge in [-0.15, -0.1) is 0 Å². The molecule has 0 atom stereocenters. The molecule has 0 aromatic heterocycles. The smallest absolute Gasteiger partial charge is 0.221 e. The summed E-state index contributed by atoms with van der Waals surface area (Å²) in [6.07, 6.45) is 0.174. The molecule has 0 bridgehead atoms. The van der Waals surface area contributed by atoms with E-state index < -0.39 is 0 Å². The van der Waals surface area contributed by atoms with Gasteiger partial charge in [0.1, 0.15) is 11.5 Å². The van der Waals surface area contributed by atoms with E-state index in [2.05, 4.69) is 5.32 Å². The van der Waals surface area contributed by atoms with E-state index in [1.54, 1.807) is 25.3 Å². The molecule has 0 aliphatic carbocycles. The molecular formula is C16H18N2O3. The molecule has 1 amide bonds. The zero-order valence-corrected chi connectivity index (χ0v) is 11.8. The zero-order valence-electron chi connectivity index (χ0n) is 11.8. The average Bonchev–Trinajstić information content (AvgIpc) is 2.47. The van der Waals surface area contributed by atoms with Crippen LogP contribution in [0.15, 0.2) is 42.5 Å². The van der Waals surface area contributed by atoms with Crippen molar-refractivity contribution in [1.29, 1.82) is 0 Å². The van der Waals surface area contributed by atoms with E-state index in [9.17, 15) is 9.90 Å². The van der Waals surface area contributed by atoms with Crippen LogP contribution in [0, 0.1) is 0 Å². The third-order valence-corrected chi connectivity index (χ3v) is 3.14. The number of anilines is 1. The Hall–Kier alpha value is -2.69. The third-order valence-electron chi connectivity index (χ3n) is 3.14. The Morgan fingerprint density at radius 3 is 2.71 bits per heavy atom. The molecule has 21 heavy (non-hydrogen) atoms. The van der Waals surface area contributed by atoms with Crippen LogP contribution in [0.5, 0.6) is 11.5 Å². The van der Waals surface area contributed by atoms with Gasteiger partial charge in [0, 0.05) is 17.8 Å². The molecule has 0 aliphatic rings. The van der Waals surface area contributed by atoms with Crippen molar-refractivity contribution < 1.29 is 14.6 Å². The summed E-state index contributed by atoms with van der Waals surface area (Å²) in [5, 5.41) is 13.1. The van der Waals surface area contributed by atoms with Gasteiger partial charge in [-0.1, -0.05) is 18.2 Å². The van der Waals surface area contributed by atoms with Gasteiger partial charge in [-0.05, 0) is 29.8 Å². The highest BCUT2D eigenvalue weighted by Gasteiger charge is 2.07. The number of carbonyl (C=O) groups excluding carboxylic acids is 1. The lowest BCUT2D eigenvalue weighted by atomic mass is 10.1. The fraction of sp³-hybridized carbons (Fsp3) is 0.188. The van der Waals surface area contributed by atoms with E-state index in [1.807, 2.05) is 24.3 Å². The molecule has 0 heterocycles. The first-order chi connectivity index (χ1) is 10.1. The largest absolute Gasteiger partial charge is 0.508 e.